The normalized spacial score (nSPS) is 28.5. The molecule has 2 fully saturated rings. The number of piperazine rings is 1. The monoisotopic (exact) mass is 325 g/mol. The van der Waals surface area contributed by atoms with Crippen LogP contribution in [0.2, 0.25) is 0 Å². The second-order valence-electron chi connectivity index (χ2n) is 7.60. The summed E-state index contributed by atoms with van der Waals surface area (Å²) in [5, 5.41) is 10.3. The van der Waals surface area contributed by atoms with Crippen molar-refractivity contribution in [1.82, 2.24) is 14.7 Å². The van der Waals surface area contributed by atoms with Crippen molar-refractivity contribution in [2.45, 2.75) is 45.1 Å². The van der Waals surface area contributed by atoms with Gasteiger partial charge in [0.1, 0.15) is 0 Å². The summed E-state index contributed by atoms with van der Waals surface area (Å²) >= 11 is 0. The quantitative estimate of drug-likeness (QED) is 0.799. The van der Waals surface area contributed by atoms with Crippen molar-refractivity contribution in [2.75, 3.05) is 53.4 Å². The lowest BCUT2D eigenvalue weighted by atomic mass is 9.80. The molecule has 0 spiro atoms. The van der Waals surface area contributed by atoms with Crippen molar-refractivity contribution in [3.63, 3.8) is 0 Å². The van der Waals surface area contributed by atoms with E-state index in [1.807, 2.05) is 7.05 Å². The van der Waals surface area contributed by atoms with E-state index >= 15 is 0 Å². The van der Waals surface area contributed by atoms with Crippen molar-refractivity contribution in [1.29, 1.82) is 0 Å². The second kappa shape index (κ2) is 9.00. The Hall–Kier alpha value is -0.650. The van der Waals surface area contributed by atoms with Gasteiger partial charge in [-0.1, -0.05) is 13.3 Å². The highest BCUT2D eigenvalue weighted by molar-refractivity contribution is 5.78. The van der Waals surface area contributed by atoms with Gasteiger partial charge in [-0.3, -0.25) is 9.69 Å². The van der Waals surface area contributed by atoms with Gasteiger partial charge in [-0.15, -0.1) is 0 Å². The maximum atomic E-state index is 12.6. The van der Waals surface area contributed by atoms with Gasteiger partial charge >= 0.3 is 0 Å². The molecule has 0 bridgehead atoms. The molecule has 23 heavy (non-hydrogen) atoms. The Morgan fingerprint density at radius 1 is 1.17 bits per heavy atom. The summed E-state index contributed by atoms with van der Waals surface area (Å²) < 4.78 is 0. The first kappa shape index (κ1) is 18.7. The lowest BCUT2D eigenvalue weighted by Gasteiger charge is -2.35. The van der Waals surface area contributed by atoms with Crippen molar-refractivity contribution in [3.8, 4) is 0 Å². The summed E-state index contributed by atoms with van der Waals surface area (Å²) in [6.07, 6.45) is 5.21. The van der Waals surface area contributed by atoms with Crippen LogP contribution in [0, 0.1) is 11.8 Å². The Bertz CT molecular complexity index is 361. The predicted octanol–water partition coefficient (Wildman–Crippen LogP) is 1.27. The van der Waals surface area contributed by atoms with Gasteiger partial charge in [-0.05, 0) is 38.6 Å². The molecule has 1 N–H and O–H groups in total. The molecule has 2 rings (SSSR count). The van der Waals surface area contributed by atoms with E-state index < -0.39 is 6.10 Å². The zero-order valence-electron chi connectivity index (χ0n) is 15.2. The Balaban J connectivity index is 1.70. The van der Waals surface area contributed by atoms with Gasteiger partial charge in [0.05, 0.1) is 6.10 Å². The summed E-state index contributed by atoms with van der Waals surface area (Å²) in [6.45, 7) is 7.50. The molecule has 1 aliphatic heterocycles. The van der Waals surface area contributed by atoms with Gasteiger partial charge in [-0.25, -0.2) is 0 Å². The van der Waals surface area contributed by atoms with Crippen molar-refractivity contribution < 1.29 is 9.90 Å². The summed E-state index contributed by atoms with van der Waals surface area (Å²) in [6, 6.07) is 0. The van der Waals surface area contributed by atoms with E-state index in [9.17, 15) is 9.90 Å². The lowest BCUT2D eigenvalue weighted by Crippen LogP contribution is -2.49. The van der Waals surface area contributed by atoms with Gasteiger partial charge in [0.15, 0.2) is 0 Å². The maximum absolute atomic E-state index is 12.6. The van der Waals surface area contributed by atoms with Gasteiger partial charge < -0.3 is 14.9 Å². The SMILES string of the molecule is CCC1CCC(C(=O)N(C)C[C@@H](O)CN2CCN(C)CC2)CC1. The third-order valence-electron chi connectivity index (χ3n) is 5.70. The average Bonchev–Trinajstić information content (AvgIpc) is 2.56. The van der Waals surface area contributed by atoms with Crippen LogP contribution < -0.4 is 0 Å². The average molecular weight is 325 g/mol. The third-order valence-corrected chi connectivity index (χ3v) is 5.70. The molecule has 1 atom stereocenters. The van der Waals surface area contributed by atoms with Crippen LogP contribution in [0.5, 0.6) is 0 Å². The fraction of sp³-hybridized carbons (Fsp3) is 0.944. The molecule has 1 aliphatic carbocycles. The van der Waals surface area contributed by atoms with Crippen LogP contribution in [-0.2, 0) is 4.79 Å². The minimum atomic E-state index is -0.445. The van der Waals surface area contributed by atoms with Crippen molar-refractivity contribution >= 4 is 5.91 Å². The minimum absolute atomic E-state index is 0.179. The molecular formula is C18H35N3O2. The fourth-order valence-corrected chi connectivity index (χ4v) is 3.92. The van der Waals surface area contributed by atoms with E-state index in [1.165, 1.54) is 19.3 Å². The predicted molar refractivity (Wildman–Crippen MR) is 93.3 cm³/mol. The molecule has 0 radical (unpaired) electrons. The van der Waals surface area contributed by atoms with Gasteiger partial charge in [0, 0.05) is 52.2 Å². The first-order chi connectivity index (χ1) is 11.0. The number of hydrogen-bond acceptors (Lipinski definition) is 4. The van der Waals surface area contributed by atoms with Crippen LogP contribution in [-0.4, -0.2) is 85.2 Å². The molecule has 1 saturated carbocycles. The lowest BCUT2D eigenvalue weighted by molar-refractivity contribution is -0.137. The number of hydrogen-bond donors (Lipinski definition) is 1. The van der Waals surface area contributed by atoms with E-state index in [4.69, 9.17) is 0 Å². The maximum Gasteiger partial charge on any atom is 0.225 e. The highest BCUT2D eigenvalue weighted by atomic mass is 16.3. The minimum Gasteiger partial charge on any atom is -0.390 e. The number of aliphatic hydroxyl groups excluding tert-OH is 1. The van der Waals surface area contributed by atoms with Crippen LogP contribution in [0.4, 0.5) is 0 Å². The van der Waals surface area contributed by atoms with Gasteiger partial charge in [0.2, 0.25) is 5.91 Å². The number of β-amino-alcohol motifs (C(OH)–C–C–N with tert-alkyl or cyclic N) is 1. The zero-order chi connectivity index (χ0) is 16.8. The number of carbonyl (C=O) groups is 1. The molecule has 5 nitrogen and oxygen atoms in total. The number of likely N-dealkylation sites (N-methyl/N-ethyl adjacent to an activating group) is 2. The Morgan fingerprint density at radius 3 is 2.35 bits per heavy atom. The largest absolute Gasteiger partial charge is 0.390 e. The van der Waals surface area contributed by atoms with Gasteiger partial charge in [-0.2, -0.15) is 0 Å². The van der Waals surface area contributed by atoms with E-state index in [0.717, 1.165) is 44.9 Å². The van der Waals surface area contributed by atoms with E-state index in [0.29, 0.717) is 13.1 Å². The van der Waals surface area contributed by atoms with Gasteiger partial charge in [0.25, 0.3) is 0 Å². The Labute approximate surface area is 141 Å². The van der Waals surface area contributed by atoms with Crippen LogP contribution in [0.25, 0.3) is 0 Å². The topological polar surface area (TPSA) is 47.0 Å². The molecule has 1 amide bonds. The first-order valence-corrected chi connectivity index (χ1v) is 9.33. The fourth-order valence-electron chi connectivity index (χ4n) is 3.92. The molecule has 134 valence electrons. The van der Waals surface area contributed by atoms with Crippen molar-refractivity contribution in [3.05, 3.63) is 0 Å². The molecular weight excluding hydrogens is 290 g/mol. The highest BCUT2D eigenvalue weighted by Gasteiger charge is 2.28. The number of rotatable bonds is 6. The summed E-state index contributed by atoms with van der Waals surface area (Å²) in [7, 11) is 3.98. The van der Waals surface area contributed by atoms with E-state index in [1.54, 1.807) is 4.90 Å². The van der Waals surface area contributed by atoms with Crippen molar-refractivity contribution in [2.24, 2.45) is 11.8 Å². The standard InChI is InChI=1S/C18H35N3O2/c1-4-15-5-7-16(8-6-15)18(23)20(3)13-17(22)14-21-11-9-19(2)10-12-21/h15-17,22H,4-14H2,1-3H3/t15?,16?,17-/m1/s1. The van der Waals surface area contributed by atoms with E-state index in [2.05, 4.69) is 23.8 Å². The number of nitrogens with zero attached hydrogens (tertiary/aromatic N) is 3. The van der Waals surface area contributed by atoms with Crippen LogP contribution in [0.15, 0.2) is 0 Å². The molecule has 5 heteroatoms. The third kappa shape index (κ3) is 5.73. The number of amides is 1. The Kier molecular flexibility index (Phi) is 7.31. The first-order valence-electron chi connectivity index (χ1n) is 9.33. The summed E-state index contributed by atoms with van der Waals surface area (Å²) in [5.74, 6) is 1.22. The molecule has 0 unspecified atom stereocenters. The van der Waals surface area contributed by atoms with E-state index in [-0.39, 0.29) is 11.8 Å². The molecule has 1 heterocycles. The zero-order valence-corrected chi connectivity index (χ0v) is 15.2. The number of carbonyl (C=O) groups excluding carboxylic acids is 1. The second-order valence-corrected chi connectivity index (χ2v) is 7.60. The number of aliphatic hydroxyl groups is 1. The molecule has 1 saturated heterocycles. The smallest absolute Gasteiger partial charge is 0.225 e. The molecule has 0 aromatic carbocycles. The van der Waals surface area contributed by atoms with Crippen LogP contribution >= 0.6 is 0 Å². The molecule has 2 aliphatic rings. The summed E-state index contributed by atoms with van der Waals surface area (Å²) in [4.78, 5) is 18.9. The highest BCUT2D eigenvalue weighted by Crippen LogP contribution is 2.31. The van der Waals surface area contributed by atoms with Crippen LogP contribution in [0.3, 0.4) is 0 Å². The summed E-state index contributed by atoms with van der Waals surface area (Å²) in [5.41, 5.74) is 0. The van der Waals surface area contributed by atoms with Crippen LogP contribution in [0.1, 0.15) is 39.0 Å². The molecule has 0 aromatic rings. The Morgan fingerprint density at radius 2 is 1.78 bits per heavy atom. The molecule has 0 aromatic heterocycles.